The van der Waals surface area contributed by atoms with E-state index in [1.807, 2.05) is 0 Å². The maximum atomic E-state index is 4.91. The molecule has 0 aromatic heterocycles. The molecule has 58 valence electrons. The highest BCUT2D eigenvalue weighted by molar-refractivity contribution is 7.80. The van der Waals surface area contributed by atoms with Gasteiger partial charge in [-0.05, 0) is 18.6 Å². The molecule has 10 heavy (non-hydrogen) atoms. The summed E-state index contributed by atoms with van der Waals surface area (Å²) in [5, 5.41) is 6.99. The summed E-state index contributed by atoms with van der Waals surface area (Å²) in [5.41, 5.74) is 0. The van der Waals surface area contributed by atoms with Gasteiger partial charge in [-0.1, -0.05) is 6.92 Å². The topological polar surface area (TPSA) is 28.5 Å². The molecule has 0 aromatic rings. The zero-order valence-electron chi connectivity index (χ0n) is 6.24. The van der Waals surface area contributed by atoms with Gasteiger partial charge >= 0.3 is 0 Å². The Kier molecular flexibility index (Phi) is 2.89. The smallest absolute Gasteiger partial charge is 0.174 e. The van der Waals surface area contributed by atoms with Crippen LogP contribution in [0.3, 0.4) is 0 Å². The molecule has 1 rings (SSSR count). The van der Waals surface area contributed by atoms with Gasteiger partial charge < -0.3 is 15.5 Å². The third-order valence-electron chi connectivity index (χ3n) is 1.60. The van der Waals surface area contributed by atoms with E-state index in [4.69, 9.17) is 12.2 Å². The van der Waals surface area contributed by atoms with E-state index in [1.54, 1.807) is 0 Å². The van der Waals surface area contributed by atoms with Crippen molar-refractivity contribution < 1.29 is 4.90 Å². The quantitative estimate of drug-likeness (QED) is 0.437. The summed E-state index contributed by atoms with van der Waals surface area (Å²) < 4.78 is 0. The van der Waals surface area contributed by atoms with Crippen molar-refractivity contribution in [3.8, 4) is 0 Å². The van der Waals surface area contributed by atoms with E-state index in [1.165, 1.54) is 17.9 Å². The third-order valence-corrected chi connectivity index (χ3v) is 1.89. The first-order valence-electron chi connectivity index (χ1n) is 3.68. The molecule has 1 fully saturated rings. The fourth-order valence-electron chi connectivity index (χ4n) is 1.07. The van der Waals surface area contributed by atoms with Gasteiger partial charge in [0.05, 0.1) is 6.54 Å². The second kappa shape index (κ2) is 3.73. The van der Waals surface area contributed by atoms with Crippen molar-refractivity contribution >= 4 is 17.3 Å². The molecule has 3 nitrogen and oxygen atoms in total. The minimum atomic E-state index is 0.792. The zero-order valence-corrected chi connectivity index (χ0v) is 7.05. The molecule has 0 bridgehead atoms. The fourth-order valence-corrected chi connectivity index (χ4v) is 1.21. The van der Waals surface area contributed by atoms with Crippen LogP contribution in [-0.2, 0) is 0 Å². The molecule has 1 aliphatic rings. The molecule has 0 aliphatic carbocycles. The zero-order chi connectivity index (χ0) is 7.40. The third kappa shape index (κ3) is 2.11. The van der Waals surface area contributed by atoms with Crippen molar-refractivity contribution in [2.75, 3.05) is 19.9 Å². The first kappa shape index (κ1) is 7.75. The first-order valence-corrected chi connectivity index (χ1v) is 4.09. The van der Waals surface area contributed by atoms with Crippen molar-refractivity contribution in [3.63, 3.8) is 0 Å². The summed E-state index contributed by atoms with van der Waals surface area (Å²) in [5.74, 6) is 0. The average Bonchev–Trinajstić information content (AvgIpc) is 1.95. The van der Waals surface area contributed by atoms with E-state index < -0.39 is 0 Å². The molecule has 4 heteroatoms. The second-order valence-corrected chi connectivity index (χ2v) is 2.94. The molecule has 3 N–H and O–H groups in total. The van der Waals surface area contributed by atoms with E-state index in [2.05, 4.69) is 17.6 Å². The van der Waals surface area contributed by atoms with Gasteiger partial charge in [0.25, 0.3) is 0 Å². The lowest BCUT2D eigenvalue weighted by atomic mass is 10.4. The summed E-state index contributed by atoms with van der Waals surface area (Å²) in [7, 11) is 0. The Hall–Kier alpha value is -0.350. The summed E-state index contributed by atoms with van der Waals surface area (Å²) in [6.07, 6.45) is 1.23. The highest BCUT2D eigenvalue weighted by Crippen LogP contribution is 1.68. The lowest BCUT2D eigenvalue weighted by Crippen LogP contribution is -3.17. The van der Waals surface area contributed by atoms with Crippen molar-refractivity contribution in [1.29, 1.82) is 0 Å². The van der Waals surface area contributed by atoms with Crippen LogP contribution in [0.4, 0.5) is 0 Å². The van der Waals surface area contributed by atoms with Gasteiger partial charge in [-0.25, -0.2) is 0 Å². The molecule has 0 amide bonds. The van der Waals surface area contributed by atoms with E-state index in [0.717, 1.165) is 18.4 Å². The second-order valence-electron chi connectivity index (χ2n) is 2.54. The fraction of sp³-hybridized carbons (Fsp3) is 0.833. The van der Waals surface area contributed by atoms with E-state index >= 15 is 0 Å². The van der Waals surface area contributed by atoms with Gasteiger partial charge in [-0.3, -0.25) is 0 Å². The SMILES string of the molecule is CCC[NH+]1CNC(=S)NC1. The number of rotatable bonds is 2. The van der Waals surface area contributed by atoms with Crippen molar-refractivity contribution in [2.24, 2.45) is 0 Å². The van der Waals surface area contributed by atoms with E-state index in [-0.39, 0.29) is 0 Å². The molecular weight excluding hydrogens is 146 g/mol. The molecule has 1 saturated heterocycles. The minimum Gasteiger partial charge on any atom is -0.316 e. The highest BCUT2D eigenvalue weighted by atomic mass is 32.1. The van der Waals surface area contributed by atoms with Crippen molar-refractivity contribution in [1.82, 2.24) is 10.6 Å². The maximum Gasteiger partial charge on any atom is 0.174 e. The molecule has 0 radical (unpaired) electrons. The normalized spacial score (nSPS) is 19.9. The molecule has 1 aliphatic heterocycles. The van der Waals surface area contributed by atoms with Gasteiger partial charge in [-0.2, -0.15) is 0 Å². The van der Waals surface area contributed by atoms with Crippen LogP contribution in [0.25, 0.3) is 0 Å². The Bertz CT molecular complexity index is 116. The van der Waals surface area contributed by atoms with Crippen LogP contribution in [0, 0.1) is 0 Å². The summed E-state index contributed by atoms with van der Waals surface area (Å²) in [4.78, 5) is 1.52. The standard InChI is InChI=1S/C6H13N3S/c1-2-3-9-4-7-6(10)8-5-9/h2-5H2,1H3,(H2,7,8,10)/p+1. The van der Waals surface area contributed by atoms with Gasteiger partial charge in [-0.15, -0.1) is 0 Å². The van der Waals surface area contributed by atoms with Gasteiger partial charge in [0.15, 0.2) is 18.4 Å². The van der Waals surface area contributed by atoms with Crippen LogP contribution in [-0.4, -0.2) is 25.0 Å². The number of hydrogen-bond donors (Lipinski definition) is 3. The van der Waals surface area contributed by atoms with Crippen LogP contribution < -0.4 is 15.5 Å². The molecule has 0 atom stereocenters. The molecule has 0 spiro atoms. The number of quaternary nitrogens is 1. The Morgan fingerprint density at radius 1 is 1.50 bits per heavy atom. The van der Waals surface area contributed by atoms with Gasteiger partial charge in [0, 0.05) is 0 Å². The number of thiocarbonyl (C=S) groups is 1. The van der Waals surface area contributed by atoms with Crippen LogP contribution in [0.15, 0.2) is 0 Å². The minimum absolute atomic E-state index is 0.792. The molecule has 1 heterocycles. The predicted molar refractivity (Wildman–Crippen MR) is 44.7 cm³/mol. The Labute approximate surface area is 66.8 Å². The van der Waals surface area contributed by atoms with E-state index in [0.29, 0.717) is 0 Å². The largest absolute Gasteiger partial charge is 0.316 e. The Balaban J connectivity index is 2.19. The molecule has 0 aromatic carbocycles. The predicted octanol–water partition coefficient (Wildman–Crippen LogP) is -1.33. The molecule has 0 saturated carbocycles. The molecule has 0 unspecified atom stereocenters. The lowest BCUT2D eigenvalue weighted by Gasteiger charge is -2.25. The van der Waals surface area contributed by atoms with Crippen molar-refractivity contribution in [3.05, 3.63) is 0 Å². The summed E-state index contributed by atoms with van der Waals surface area (Å²) in [6, 6.07) is 0. The average molecular weight is 160 g/mol. The van der Waals surface area contributed by atoms with Crippen LogP contribution in [0.2, 0.25) is 0 Å². The van der Waals surface area contributed by atoms with Crippen LogP contribution in [0.1, 0.15) is 13.3 Å². The maximum absolute atomic E-state index is 4.91. The van der Waals surface area contributed by atoms with E-state index in [9.17, 15) is 0 Å². The Morgan fingerprint density at radius 3 is 2.60 bits per heavy atom. The summed E-state index contributed by atoms with van der Waals surface area (Å²) >= 11 is 4.91. The van der Waals surface area contributed by atoms with Crippen molar-refractivity contribution in [2.45, 2.75) is 13.3 Å². The summed E-state index contributed by atoms with van der Waals surface area (Å²) in [6.45, 7) is 5.35. The number of nitrogens with one attached hydrogen (secondary N) is 3. The van der Waals surface area contributed by atoms with Gasteiger partial charge in [0.2, 0.25) is 0 Å². The first-order chi connectivity index (χ1) is 4.83. The monoisotopic (exact) mass is 160 g/mol. The Morgan fingerprint density at radius 2 is 2.10 bits per heavy atom. The van der Waals surface area contributed by atoms with Crippen LogP contribution in [0.5, 0.6) is 0 Å². The lowest BCUT2D eigenvalue weighted by molar-refractivity contribution is -0.906. The van der Waals surface area contributed by atoms with Crippen LogP contribution >= 0.6 is 12.2 Å². The van der Waals surface area contributed by atoms with Gasteiger partial charge in [0.1, 0.15) is 0 Å². The number of hydrogen-bond acceptors (Lipinski definition) is 1. The highest BCUT2D eigenvalue weighted by Gasteiger charge is 2.12. The molecular formula is C6H14N3S+.